The van der Waals surface area contributed by atoms with Gasteiger partial charge in [0.05, 0.1) is 18.6 Å². The van der Waals surface area contributed by atoms with E-state index in [1.807, 2.05) is 0 Å². The Kier molecular flexibility index (Phi) is 4.41. The highest BCUT2D eigenvalue weighted by Crippen LogP contribution is 2.06. The lowest BCUT2D eigenvalue weighted by molar-refractivity contribution is -0.143. The minimum absolute atomic E-state index is 0.217. The summed E-state index contributed by atoms with van der Waals surface area (Å²) in [4.78, 5) is 33.0. The lowest BCUT2D eigenvalue weighted by Gasteiger charge is -2.16. The Bertz CT molecular complexity index is 333. The van der Waals surface area contributed by atoms with Gasteiger partial charge in [0.15, 0.2) is 0 Å². The maximum atomic E-state index is 11.6. The molecule has 1 saturated heterocycles. The molecular formula is C9H15N3O5. The van der Waals surface area contributed by atoms with Gasteiger partial charge in [-0.2, -0.15) is 0 Å². The number of primary amides is 1. The molecule has 0 aromatic heterocycles. The molecule has 0 saturated carbocycles. The SMILES string of the molecule is NC(=O)C[C@H](NC(=O)[C@@H]1C[C@@H](O)CN1)C(=O)O. The summed E-state index contributed by atoms with van der Waals surface area (Å²) in [6.07, 6.45) is -0.865. The first-order chi connectivity index (χ1) is 7.90. The quantitative estimate of drug-likeness (QED) is 0.353. The van der Waals surface area contributed by atoms with E-state index in [4.69, 9.17) is 10.8 Å². The monoisotopic (exact) mass is 245 g/mol. The number of hydrogen-bond donors (Lipinski definition) is 5. The highest BCUT2D eigenvalue weighted by Gasteiger charge is 2.31. The summed E-state index contributed by atoms with van der Waals surface area (Å²) >= 11 is 0. The van der Waals surface area contributed by atoms with Gasteiger partial charge in [-0.1, -0.05) is 0 Å². The summed E-state index contributed by atoms with van der Waals surface area (Å²) in [5.74, 6) is -2.69. The maximum absolute atomic E-state index is 11.6. The molecule has 0 aromatic carbocycles. The van der Waals surface area contributed by atoms with Crippen molar-refractivity contribution < 1.29 is 24.6 Å². The van der Waals surface area contributed by atoms with Crippen LogP contribution in [0.15, 0.2) is 0 Å². The zero-order valence-electron chi connectivity index (χ0n) is 9.05. The molecule has 0 aliphatic carbocycles. The third-order valence-electron chi connectivity index (χ3n) is 2.44. The third kappa shape index (κ3) is 4.00. The summed E-state index contributed by atoms with van der Waals surface area (Å²) in [6.45, 7) is 0.283. The van der Waals surface area contributed by atoms with Gasteiger partial charge in [0.2, 0.25) is 11.8 Å². The molecule has 1 aliphatic heterocycles. The highest BCUT2D eigenvalue weighted by molar-refractivity contribution is 5.90. The van der Waals surface area contributed by atoms with E-state index in [-0.39, 0.29) is 13.0 Å². The van der Waals surface area contributed by atoms with Crippen LogP contribution in [0, 0.1) is 0 Å². The van der Waals surface area contributed by atoms with Crippen molar-refractivity contribution in [1.29, 1.82) is 0 Å². The molecule has 6 N–H and O–H groups in total. The summed E-state index contributed by atoms with van der Waals surface area (Å²) in [6, 6.07) is -1.97. The average Bonchev–Trinajstić information content (AvgIpc) is 2.63. The number of rotatable bonds is 5. The number of β-amino-alcohol motifs (C(OH)–C–C–N with tert-alkyl or cyclic N) is 1. The fourth-order valence-corrected chi connectivity index (χ4v) is 1.59. The molecule has 17 heavy (non-hydrogen) atoms. The van der Waals surface area contributed by atoms with Crippen LogP contribution < -0.4 is 16.4 Å². The van der Waals surface area contributed by atoms with E-state index >= 15 is 0 Å². The molecule has 1 aliphatic rings. The molecular weight excluding hydrogens is 230 g/mol. The van der Waals surface area contributed by atoms with Crippen LogP contribution in [0.1, 0.15) is 12.8 Å². The molecule has 0 unspecified atom stereocenters. The largest absolute Gasteiger partial charge is 0.480 e. The Labute approximate surface area is 97.2 Å². The van der Waals surface area contributed by atoms with Crippen molar-refractivity contribution in [2.75, 3.05) is 6.54 Å². The van der Waals surface area contributed by atoms with Crippen LogP contribution in [-0.4, -0.2) is 52.7 Å². The van der Waals surface area contributed by atoms with Gasteiger partial charge in [-0.15, -0.1) is 0 Å². The zero-order valence-corrected chi connectivity index (χ0v) is 9.05. The van der Waals surface area contributed by atoms with Gasteiger partial charge < -0.3 is 26.6 Å². The Morgan fingerprint density at radius 1 is 1.47 bits per heavy atom. The van der Waals surface area contributed by atoms with E-state index in [0.717, 1.165) is 0 Å². The number of aliphatic hydroxyl groups excluding tert-OH is 1. The van der Waals surface area contributed by atoms with Gasteiger partial charge >= 0.3 is 5.97 Å². The van der Waals surface area contributed by atoms with E-state index in [0.29, 0.717) is 0 Å². The predicted molar refractivity (Wildman–Crippen MR) is 55.8 cm³/mol. The molecule has 1 heterocycles. The topological polar surface area (TPSA) is 142 Å². The maximum Gasteiger partial charge on any atom is 0.326 e. The molecule has 0 aromatic rings. The normalized spacial score (nSPS) is 25.2. The van der Waals surface area contributed by atoms with Gasteiger partial charge in [-0.05, 0) is 6.42 Å². The van der Waals surface area contributed by atoms with Gasteiger partial charge in [-0.25, -0.2) is 4.79 Å². The summed E-state index contributed by atoms with van der Waals surface area (Å²) in [7, 11) is 0. The highest BCUT2D eigenvalue weighted by atomic mass is 16.4. The molecule has 2 amide bonds. The first-order valence-corrected chi connectivity index (χ1v) is 5.13. The molecule has 0 bridgehead atoms. The number of hydrogen-bond acceptors (Lipinski definition) is 5. The van der Waals surface area contributed by atoms with Crippen LogP contribution in [0.2, 0.25) is 0 Å². The fraction of sp³-hybridized carbons (Fsp3) is 0.667. The molecule has 0 spiro atoms. The van der Waals surface area contributed by atoms with Crippen LogP contribution in [-0.2, 0) is 14.4 Å². The molecule has 96 valence electrons. The van der Waals surface area contributed by atoms with Crippen LogP contribution >= 0.6 is 0 Å². The van der Waals surface area contributed by atoms with Crippen LogP contribution in [0.3, 0.4) is 0 Å². The van der Waals surface area contributed by atoms with Crippen molar-refractivity contribution in [2.24, 2.45) is 5.73 Å². The number of carboxylic acids is 1. The lowest BCUT2D eigenvalue weighted by Crippen LogP contribution is -2.49. The van der Waals surface area contributed by atoms with E-state index < -0.39 is 42.4 Å². The Morgan fingerprint density at radius 2 is 2.12 bits per heavy atom. The van der Waals surface area contributed by atoms with Crippen LogP contribution in [0.4, 0.5) is 0 Å². The summed E-state index contributed by atoms with van der Waals surface area (Å²) < 4.78 is 0. The number of aliphatic hydroxyl groups is 1. The fourth-order valence-electron chi connectivity index (χ4n) is 1.59. The van der Waals surface area contributed by atoms with Crippen molar-refractivity contribution in [3.8, 4) is 0 Å². The zero-order chi connectivity index (χ0) is 13.0. The van der Waals surface area contributed by atoms with Gasteiger partial charge in [0, 0.05) is 6.54 Å². The lowest BCUT2D eigenvalue weighted by atomic mass is 10.1. The Hall–Kier alpha value is -1.67. The Balaban J connectivity index is 2.52. The van der Waals surface area contributed by atoms with Crippen molar-refractivity contribution in [2.45, 2.75) is 31.0 Å². The standard InChI is InChI=1S/C9H15N3O5/c10-7(14)2-6(9(16)17)12-8(15)5-1-4(13)3-11-5/h4-6,11,13H,1-3H2,(H2,10,14)(H,12,15)(H,16,17)/t4-,5+,6+/m1/s1. The molecule has 0 radical (unpaired) electrons. The molecule has 1 fully saturated rings. The van der Waals surface area contributed by atoms with Gasteiger partial charge in [-0.3, -0.25) is 9.59 Å². The van der Waals surface area contributed by atoms with Crippen LogP contribution in [0.25, 0.3) is 0 Å². The molecule has 8 heteroatoms. The van der Waals surface area contributed by atoms with Crippen molar-refractivity contribution in [1.82, 2.24) is 10.6 Å². The summed E-state index contributed by atoms with van der Waals surface area (Å²) in [5.41, 5.74) is 4.87. The number of carboxylic acid groups (broad SMARTS) is 1. The molecule has 3 atom stereocenters. The number of nitrogens with two attached hydrogens (primary N) is 1. The second-order valence-corrected chi connectivity index (χ2v) is 3.92. The molecule has 1 rings (SSSR count). The predicted octanol–water partition coefficient (Wildman–Crippen LogP) is -2.85. The average molecular weight is 245 g/mol. The minimum Gasteiger partial charge on any atom is -0.480 e. The van der Waals surface area contributed by atoms with Crippen molar-refractivity contribution in [3.05, 3.63) is 0 Å². The van der Waals surface area contributed by atoms with E-state index in [1.165, 1.54) is 0 Å². The minimum atomic E-state index is -1.33. The number of aliphatic carboxylic acids is 1. The van der Waals surface area contributed by atoms with E-state index in [9.17, 15) is 19.5 Å². The van der Waals surface area contributed by atoms with E-state index in [1.54, 1.807) is 0 Å². The van der Waals surface area contributed by atoms with Crippen molar-refractivity contribution in [3.63, 3.8) is 0 Å². The smallest absolute Gasteiger partial charge is 0.326 e. The van der Waals surface area contributed by atoms with E-state index in [2.05, 4.69) is 10.6 Å². The second-order valence-electron chi connectivity index (χ2n) is 3.92. The number of carbonyl (C=O) groups is 3. The third-order valence-corrected chi connectivity index (χ3v) is 2.44. The summed E-state index contributed by atoms with van der Waals surface area (Å²) in [5, 5.41) is 22.9. The van der Waals surface area contributed by atoms with Gasteiger partial charge in [0.1, 0.15) is 6.04 Å². The van der Waals surface area contributed by atoms with Gasteiger partial charge in [0.25, 0.3) is 0 Å². The molecule has 8 nitrogen and oxygen atoms in total. The number of amides is 2. The number of carbonyl (C=O) groups excluding carboxylic acids is 2. The second kappa shape index (κ2) is 5.60. The Morgan fingerprint density at radius 3 is 2.53 bits per heavy atom. The first-order valence-electron chi connectivity index (χ1n) is 5.13. The first kappa shape index (κ1) is 13.4. The van der Waals surface area contributed by atoms with Crippen LogP contribution in [0.5, 0.6) is 0 Å². The van der Waals surface area contributed by atoms with Crippen molar-refractivity contribution >= 4 is 17.8 Å². The number of nitrogens with one attached hydrogen (secondary N) is 2.